The number of hydrogen-bond donors (Lipinski definition) is 0. The Morgan fingerprint density at radius 3 is 2.08 bits per heavy atom. The Morgan fingerprint density at radius 1 is 1.00 bits per heavy atom. The van der Waals surface area contributed by atoms with Gasteiger partial charge in [-0.05, 0) is 17.5 Å². The van der Waals surface area contributed by atoms with E-state index >= 15 is 0 Å². The van der Waals surface area contributed by atoms with Crippen molar-refractivity contribution in [2.45, 2.75) is 32.5 Å². The van der Waals surface area contributed by atoms with Crippen molar-refractivity contribution < 1.29 is 9.53 Å². The fraction of sp³-hybridized carbons (Fsp3) is 0.381. The molecular formula is C21H26N2O2. The molecule has 0 aliphatic carbocycles. The largest absolute Gasteiger partial charge is 0.443 e. The fourth-order valence-electron chi connectivity index (χ4n) is 3.28. The van der Waals surface area contributed by atoms with E-state index in [9.17, 15) is 4.79 Å². The lowest BCUT2D eigenvalue weighted by molar-refractivity contribution is 0.101. The predicted octanol–water partition coefficient (Wildman–Crippen LogP) is 3.92. The Labute approximate surface area is 150 Å². The number of carbonyl (C=O) groups is 1. The second-order valence-electron chi connectivity index (χ2n) is 6.59. The van der Waals surface area contributed by atoms with Crippen LogP contribution in [0.1, 0.15) is 24.5 Å². The quantitative estimate of drug-likeness (QED) is 0.731. The van der Waals surface area contributed by atoms with Crippen LogP contribution >= 0.6 is 0 Å². The van der Waals surface area contributed by atoms with Crippen LogP contribution < -0.4 is 0 Å². The number of benzene rings is 2. The molecular weight excluding hydrogens is 312 g/mol. The van der Waals surface area contributed by atoms with Crippen molar-refractivity contribution in [1.29, 1.82) is 0 Å². The van der Waals surface area contributed by atoms with Gasteiger partial charge in [0.25, 0.3) is 0 Å². The molecule has 0 bridgehead atoms. The SMILES string of the molecule is CCCN1C[C@@H](CN(Cc2ccccc2)Cc2ccccc2)OC1=O. The Hall–Kier alpha value is -2.33. The van der Waals surface area contributed by atoms with Crippen molar-refractivity contribution in [2.24, 2.45) is 0 Å². The van der Waals surface area contributed by atoms with Crippen LogP contribution in [-0.4, -0.2) is 41.6 Å². The van der Waals surface area contributed by atoms with Crippen LogP contribution in [0.5, 0.6) is 0 Å². The van der Waals surface area contributed by atoms with Crippen LogP contribution in [-0.2, 0) is 17.8 Å². The minimum absolute atomic E-state index is 0.0634. The second-order valence-corrected chi connectivity index (χ2v) is 6.59. The van der Waals surface area contributed by atoms with Crippen LogP contribution in [0, 0.1) is 0 Å². The molecule has 25 heavy (non-hydrogen) atoms. The van der Waals surface area contributed by atoms with Crippen LogP contribution in [0.25, 0.3) is 0 Å². The normalized spacial score (nSPS) is 17.1. The van der Waals surface area contributed by atoms with Crippen molar-refractivity contribution in [2.75, 3.05) is 19.6 Å². The number of carbonyl (C=O) groups excluding carboxylic acids is 1. The van der Waals surface area contributed by atoms with Gasteiger partial charge in [0.05, 0.1) is 6.54 Å². The molecule has 1 aliphatic rings. The zero-order valence-corrected chi connectivity index (χ0v) is 14.8. The van der Waals surface area contributed by atoms with E-state index in [1.54, 1.807) is 0 Å². The molecule has 0 N–H and O–H groups in total. The second kappa shape index (κ2) is 8.67. The lowest BCUT2D eigenvalue weighted by atomic mass is 10.1. The zero-order valence-electron chi connectivity index (χ0n) is 14.8. The van der Waals surface area contributed by atoms with Gasteiger partial charge in [0.15, 0.2) is 0 Å². The molecule has 0 aromatic heterocycles. The van der Waals surface area contributed by atoms with Crippen molar-refractivity contribution in [3.63, 3.8) is 0 Å². The van der Waals surface area contributed by atoms with E-state index in [1.165, 1.54) is 11.1 Å². The van der Waals surface area contributed by atoms with Gasteiger partial charge in [0.1, 0.15) is 6.10 Å². The van der Waals surface area contributed by atoms with E-state index in [1.807, 2.05) is 17.0 Å². The van der Waals surface area contributed by atoms with E-state index in [2.05, 4.69) is 60.4 Å². The Balaban J connectivity index is 1.67. The first-order valence-electron chi connectivity index (χ1n) is 9.00. The minimum atomic E-state index is -0.175. The van der Waals surface area contributed by atoms with Gasteiger partial charge in [-0.2, -0.15) is 0 Å². The average Bonchev–Trinajstić information content (AvgIpc) is 2.96. The zero-order chi connectivity index (χ0) is 17.5. The van der Waals surface area contributed by atoms with E-state index in [0.717, 1.165) is 32.6 Å². The van der Waals surface area contributed by atoms with Crippen LogP contribution in [0.2, 0.25) is 0 Å². The number of rotatable bonds is 8. The molecule has 3 rings (SSSR count). The summed E-state index contributed by atoms with van der Waals surface area (Å²) in [4.78, 5) is 16.1. The Morgan fingerprint density at radius 2 is 1.56 bits per heavy atom. The van der Waals surface area contributed by atoms with Gasteiger partial charge in [-0.15, -0.1) is 0 Å². The standard InChI is InChI=1S/C21H26N2O2/c1-2-13-23-17-20(25-21(23)24)16-22(14-18-9-5-3-6-10-18)15-19-11-7-4-8-12-19/h3-12,20H,2,13-17H2,1H3/t20-/m1/s1. The summed E-state index contributed by atoms with van der Waals surface area (Å²) in [5.74, 6) is 0. The summed E-state index contributed by atoms with van der Waals surface area (Å²) in [6, 6.07) is 20.9. The molecule has 2 aromatic carbocycles. The van der Waals surface area contributed by atoms with Crippen molar-refractivity contribution >= 4 is 6.09 Å². The first kappa shape index (κ1) is 17.5. The summed E-state index contributed by atoms with van der Waals surface area (Å²) in [6.45, 7) is 5.97. The number of amides is 1. The summed E-state index contributed by atoms with van der Waals surface area (Å²) in [5.41, 5.74) is 2.54. The maximum absolute atomic E-state index is 12.0. The topological polar surface area (TPSA) is 32.8 Å². The molecule has 1 amide bonds. The molecule has 0 radical (unpaired) electrons. The lowest BCUT2D eigenvalue weighted by Gasteiger charge is -2.25. The molecule has 1 atom stereocenters. The van der Waals surface area contributed by atoms with Crippen LogP contribution in [0.15, 0.2) is 60.7 Å². The fourth-order valence-corrected chi connectivity index (χ4v) is 3.28. The Kier molecular flexibility index (Phi) is 6.07. The maximum Gasteiger partial charge on any atom is 0.410 e. The number of ether oxygens (including phenoxy) is 1. The van der Waals surface area contributed by atoms with E-state index < -0.39 is 0 Å². The van der Waals surface area contributed by atoms with Gasteiger partial charge in [-0.25, -0.2) is 4.79 Å². The third-order valence-electron chi connectivity index (χ3n) is 4.40. The van der Waals surface area contributed by atoms with Crippen LogP contribution in [0.3, 0.4) is 0 Å². The average molecular weight is 338 g/mol. The molecule has 4 heteroatoms. The van der Waals surface area contributed by atoms with Gasteiger partial charge >= 0.3 is 6.09 Å². The highest BCUT2D eigenvalue weighted by Gasteiger charge is 2.31. The summed E-state index contributed by atoms with van der Waals surface area (Å²) in [5, 5.41) is 0. The van der Waals surface area contributed by atoms with E-state index in [-0.39, 0.29) is 12.2 Å². The van der Waals surface area contributed by atoms with Gasteiger partial charge in [0.2, 0.25) is 0 Å². The molecule has 1 aliphatic heterocycles. The van der Waals surface area contributed by atoms with Crippen molar-refractivity contribution in [3.05, 3.63) is 71.8 Å². The number of hydrogen-bond acceptors (Lipinski definition) is 3. The molecule has 0 unspecified atom stereocenters. The van der Waals surface area contributed by atoms with Gasteiger partial charge in [-0.3, -0.25) is 4.90 Å². The molecule has 0 spiro atoms. The van der Waals surface area contributed by atoms with Gasteiger partial charge in [0, 0.05) is 26.2 Å². The third kappa shape index (κ3) is 5.07. The maximum atomic E-state index is 12.0. The third-order valence-corrected chi connectivity index (χ3v) is 4.40. The highest BCUT2D eigenvalue weighted by molar-refractivity contribution is 5.69. The Bertz CT molecular complexity index is 619. The highest BCUT2D eigenvalue weighted by atomic mass is 16.6. The predicted molar refractivity (Wildman–Crippen MR) is 99.1 cm³/mol. The van der Waals surface area contributed by atoms with Crippen molar-refractivity contribution in [1.82, 2.24) is 9.80 Å². The van der Waals surface area contributed by atoms with E-state index in [0.29, 0.717) is 6.54 Å². The molecule has 0 saturated carbocycles. The summed E-state index contributed by atoms with van der Waals surface area (Å²) >= 11 is 0. The first-order valence-corrected chi connectivity index (χ1v) is 9.00. The molecule has 1 saturated heterocycles. The van der Waals surface area contributed by atoms with Crippen molar-refractivity contribution in [3.8, 4) is 0 Å². The smallest absolute Gasteiger partial charge is 0.410 e. The molecule has 4 nitrogen and oxygen atoms in total. The van der Waals surface area contributed by atoms with E-state index in [4.69, 9.17) is 4.74 Å². The summed E-state index contributed by atoms with van der Waals surface area (Å²) in [7, 11) is 0. The number of cyclic esters (lactones) is 1. The summed E-state index contributed by atoms with van der Waals surface area (Å²) < 4.78 is 5.58. The highest BCUT2D eigenvalue weighted by Crippen LogP contribution is 2.16. The first-order chi connectivity index (χ1) is 12.2. The monoisotopic (exact) mass is 338 g/mol. The number of nitrogens with zero attached hydrogens (tertiary/aromatic N) is 2. The minimum Gasteiger partial charge on any atom is -0.443 e. The van der Waals surface area contributed by atoms with Crippen LogP contribution in [0.4, 0.5) is 4.79 Å². The molecule has 2 aromatic rings. The molecule has 1 heterocycles. The lowest BCUT2D eigenvalue weighted by Crippen LogP contribution is -2.34. The summed E-state index contributed by atoms with van der Waals surface area (Å²) in [6.07, 6.45) is 0.720. The molecule has 132 valence electrons. The van der Waals surface area contributed by atoms with Gasteiger partial charge in [-0.1, -0.05) is 67.6 Å². The van der Waals surface area contributed by atoms with Gasteiger partial charge < -0.3 is 9.64 Å². The molecule has 1 fully saturated rings.